The summed E-state index contributed by atoms with van der Waals surface area (Å²) in [5, 5.41) is 0. The van der Waals surface area contributed by atoms with Gasteiger partial charge in [-0.2, -0.15) is 0 Å². The summed E-state index contributed by atoms with van der Waals surface area (Å²) in [5.74, 6) is 0. The van der Waals surface area contributed by atoms with Crippen LogP contribution in [-0.4, -0.2) is 24.0 Å². The monoisotopic (exact) mass is 246 g/mol. The molecule has 0 saturated carbocycles. The molecule has 1 aliphatic rings. The van der Waals surface area contributed by atoms with Crippen molar-refractivity contribution < 1.29 is 0 Å². The zero-order valence-electron chi connectivity index (χ0n) is 11.9. The molecule has 0 radical (unpaired) electrons. The summed E-state index contributed by atoms with van der Waals surface area (Å²) in [6, 6.07) is 7.48. The van der Waals surface area contributed by atoms with E-state index in [4.69, 9.17) is 5.73 Å². The molecule has 2 heteroatoms. The van der Waals surface area contributed by atoms with Gasteiger partial charge in [-0.3, -0.25) is 4.90 Å². The molecule has 1 heterocycles. The van der Waals surface area contributed by atoms with E-state index >= 15 is 0 Å². The van der Waals surface area contributed by atoms with Crippen molar-refractivity contribution in [1.82, 2.24) is 4.90 Å². The van der Waals surface area contributed by atoms with E-state index in [1.54, 1.807) is 0 Å². The van der Waals surface area contributed by atoms with Crippen molar-refractivity contribution in [1.29, 1.82) is 0 Å². The van der Waals surface area contributed by atoms with E-state index in [2.05, 4.69) is 43.9 Å². The van der Waals surface area contributed by atoms with Crippen molar-refractivity contribution in [3.05, 3.63) is 34.9 Å². The molecule has 100 valence electrons. The van der Waals surface area contributed by atoms with E-state index in [0.29, 0.717) is 6.04 Å². The molecule has 2 unspecified atom stereocenters. The molecular formula is C16H26N2. The molecule has 1 aromatic rings. The smallest absolute Gasteiger partial charge is 0.0501 e. The largest absolute Gasteiger partial charge is 0.326 e. The molecule has 1 fully saturated rings. The molecule has 2 rings (SSSR count). The number of piperidine rings is 1. The Morgan fingerprint density at radius 3 is 2.78 bits per heavy atom. The second kappa shape index (κ2) is 5.85. The molecule has 2 atom stereocenters. The van der Waals surface area contributed by atoms with E-state index in [1.807, 2.05) is 0 Å². The van der Waals surface area contributed by atoms with E-state index in [-0.39, 0.29) is 6.04 Å². The predicted molar refractivity (Wildman–Crippen MR) is 77.7 cm³/mol. The number of likely N-dealkylation sites (tertiary alicyclic amines) is 1. The van der Waals surface area contributed by atoms with Gasteiger partial charge in [-0.25, -0.2) is 0 Å². The van der Waals surface area contributed by atoms with Gasteiger partial charge in [0.25, 0.3) is 0 Å². The van der Waals surface area contributed by atoms with Crippen LogP contribution in [0.15, 0.2) is 18.2 Å². The van der Waals surface area contributed by atoms with E-state index < -0.39 is 0 Å². The molecule has 1 aromatic carbocycles. The van der Waals surface area contributed by atoms with Gasteiger partial charge in [0, 0.05) is 6.04 Å². The van der Waals surface area contributed by atoms with Gasteiger partial charge in [0.05, 0.1) is 6.04 Å². The topological polar surface area (TPSA) is 29.3 Å². The Hall–Kier alpha value is -0.860. The Kier molecular flexibility index (Phi) is 4.41. The highest BCUT2D eigenvalue weighted by atomic mass is 15.2. The van der Waals surface area contributed by atoms with Gasteiger partial charge in [0.1, 0.15) is 0 Å². The van der Waals surface area contributed by atoms with Crippen LogP contribution in [0.5, 0.6) is 0 Å². The molecule has 1 aliphatic heterocycles. The maximum atomic E-state index is 6.40. The highest BCUT2D eigenvalue weighted by molar-refractivity contribution is 5.34. The minimum atomic E-state index is 0.284. The zero-order chi connectivity index (χ0) is 13.1. The summed E-state index contributed by atoms with van der Waals surface area (Å²) in [4.78, 5) is 2.58. The summed E-state index contributed by atoms with van der Waals surface area (Å²) in [6.45, 7) is 8.97. The van der Waals surface area contributed by atoms with Crippen LogP contribution in [-0.2, 0) is 0 Å². The van der Waals surface area contributed by atoms with Crippen LogP contribution in [0.2, 0.25) is 0 Å². The Bertz CT molecular complexity index is 398. The van der Waals surface area contributed by atoms with Crippen molar-refractivity contribution in [2.24, 2.45) is 5.73 Å². The average Bonchev–Trinajstić information content (AvgIpc) is 2.31. The molecule has 0 spiro atoms. The minimum Gasteiger partial charge on any atom is -0.326 e. The van der Waals surface area contributed by atoms with Gasteiger partial charge < -0.3 is 5.73 Å². The third kappa shape index (κ3) is 2.76. The Balaban J connectivity index is 2.31. The summed E-state index contributed by atoms with van der Waals surface area (Å²) in [7, 11) is 0. The van der Waals surface area contributed by atoms with Crippen molar-refractivity contribution >= 4 is 0 Å². The fourth-order valence-electron chi connectivity index (χ4n) is 3.22. The van der Waals surface area contributed by atoms with E-state index in [1.165, 1.54) is 36.1 Å². The Labute approximate surface area is 111 Å². The summed E-state index contributed by atoms with van der Waals surface area (Å²) < 4.78 is 0. The third-order valence-electron chi connectivity index (χ3n) is 4.04. The number of hydrogen-bond donors (Lipinski definition) is 1. The summed E-state index contributed by atoms with van der Waals surface area (Å²) in [6.07, 6.45) is 3.59. The van der Waals surface area contributed by atoms with Crippen LogP contribution >= 0.6 is 0 Å². The van der Waals surface area contributed by atoms with Crippen LogP contribution in [0.4, 0.5) is 0 Å². The Morgan fingerprint density at radius 2 is 2.11 bits per heavy atom. The lowest BCUT2D eigenvalue weighted by Crippen LogP contribution is -2.46. The predicted octanol–water partition coefficient (Wildman–Crippen LogP) is 3.18. The molecule has 0 amide bonds. The standard InChI is InChI=1S/C16H26N2/c1-4-9-18-10-5-6-15(17)16(18)14-8-7-12(2)11-13(14)3/h7-8,11,15-16H,4-6,9-10,17H2,1-3H3. The SMILES string of the molecule is CCCN1CCCC(N)C1c1ccc(C)cc1C. The van der Waals surface area contributed by atoms with Crippen molar-refractivity contribution in [3.63, 3.8) is 0 Å². The number of hydrogen-bond acceptors (Lipinski definition) is 2. The lowest BCUT2D eigenvalue weighted by atomic mass is 9.88. The van der Waals surface area contributed by atoms with Crippen molar-refractivity contribution in [2.45, 2.75) is 52.1 Å². The average molecular weight is 246 g/mol. The number of nitrogens with two attached hydrogens (primary N) is 1. The minimum absolute atomic E-state index is 0.284. The Morgan fingerprint density at radius 1 is 1.33 bits per heavy atom. The molecule has 1 saturated heterocycles. The number of aryl methyl sites for hydroxylation is 2. The van der Waals surface area contributed by atoms with Crippen LogP contribution in [0.3, 0.4) is 0 Å². The second-order valence-electron chi connectivity index (χ2n) is 5.65. The van der Waals surface area contributed by atoms with Crippen molar-refractivity contribution in [3.8, 4) is 0 Å². The maximum absolute atomic E-state index is 6.40. The van der Waals surface area contributed by atoms with E-state index in [0.717, 1.165) is 13.0 Å². The normalized spacial score (nSPS) is 25.3. The number of nitrogens with zero attached hydrogens (tertiary/aromatic N) is 1. The second-order valence-corrected chi connectivity index (χ2v) is 5.65. The van der Waals surface area contributed by atoms with Crippen LogP contribution < -0.4 is 5.73 Å². The first kappa shape index (κ1) is 13.6. The van der Waals surface area contributed by atoms with Crippen LogP contribution in [0.1, 0.15) is 48.9 Å². The van der Waals surface area contributed by atoms with Crippen LogP contribution in [0, 0.1) is 13.8 Å². The number of rotatable bonds is 3. The van der Waals surface area contributed by atoms with Crippen molar-refractivity contribution in [2.75, 3.05) is 13.1 Å². The zero-order valence-corrected chi connectivity index (χ0v) is 11.9. The van der Waals surface area contributed by atoms with Crippen LogP contribution in [0.25, 0.3) is 0 Å². The number of benzene rings is 1. The quantitative estimate of drug-likeness (QED) is 0.887. The first-order valence-electron chi connectivity index (χ1n) is 7.20. The van der Waals surface area contributed by atoms with Gasteiger partial charge in [-0.1, -0.05) is 30.7 Å². The summed E-state index contributed by atoms with van der Waals surface area (Å²) in [5.41, 5.74) is 10.6. The highest BCUT2D eigenvalue weighted by Crippen LogP contribution is 2.32. The molecule has 0 bridgehead atoms. The first-order chi connectivity index (χ1) is 8.63. The lowest BCUT2D eigenvalue weighted by molar-refractivity contribution is 0.128. The summed E-state index contributed by atoms with van der Waals surface area (Å²) >= 11 is 0. The lowest BCUT2D eigenvalue weighted by Gasteiger charge is -2.40. The first-order valence-corrected chi connectivity index (χ1v) is 7.20. The fourth-order valence-corrected chi connectivity index (χ4v) is 3.22. The third-order valence-corrected chi connectivity index (χ3v) is 4.04. The molecule has 0 aliphatic carbocycles. The molecule has 2 N–H and O–H groups in total. The molecule has 18 heavy (non-hydrogen) atoms. The molecule has 2 nitrogen and oxygen atoms in total. The van der Waals surface area contributed by atoms with Gasteiger partial charge in [-0.05, 0) is 57.3 Å². The fraction of sp³-hybridized carbons (Fsp3) is 0.625. The molecule has 0 aromatic heterocycles. The van der Waals surface area contributed by atoms with Gasteiger partial charge in [0.2, 0.25) is 0 Å². The van der Waals surface area contributed by atoms with Gasteiger partial charge in [-0.15, -0.1) is 0 Å². The van der Waals surface area contributed by atoms with E-state index in [9.17, 15) is 0 Å². The maximum Gasteiger partial charge on any atom is 0.0501 e. The van der Waals surface area contributed by atoms with Gasteiger partial charge >= 0.3 is 0 Å². The highest BCUT2D eigenvalue weighted by Gasteiger charge is 2.30. The van der Waals surface area contributed by atoms with Gasteiger partial charge in [0.15, 0.2) is 0 Å². The molecular weight excluding hydrogens is 220 g/mol.